The third-order valence-corrected chi connectivity index (χ3v) is 4.38. The van der Waals surface area contributed by atoms with Crippen molar-refractivity contribution in [3.8, 4) is 11.5 Å². The first-order valence-electron chi connectivity index (χ1n) is 9.16. The number of amides is 1. The van der Waals surface area contributed by atoms with E-state index in [-0.39, 0.29) is 34.9 Å². The van der Waals surface area contributed by atoms with E-state index >= 15 is 0 Å². The van der Waals surface area contributed by atoms with Gasteiger partial charge in [-0.25, -0.2) is 9.59 Å². The Morgan fingerprint density at radius 3 is 2.25 bits per heavy atom. The average Bonchev–Trinajstić information content (AvgIpc) is 2.75. The number of nitro benzene ring substituents is 1. The number of aromatic carboxylic acids is 2. The van der Waals surface area contributed by atoms with Gasteiger partial charge in [-0.3, -0.25) is 14.9 Å². The molecular formula is C22H16N2O8. The van der Waals surface area contributed by atoms with E-state index in [9.17, 15) is 29.6 Å². The number of carboxylic acids is 2. The molecule has 0 atom stereocenters. The number of carbonyl (C=O) groups is 3. The molecule has 0 saturated heterocycles. The van der Waals surface area contributed by atoms with E-state index in [1.165, 1.54) is 36.4 Å². The van der Waals surface area contributed by atoms with Gasteiger partial charge in [0.1, 0.15) is 5.75 Å². The molecule has 10 heteroatoms. The summed E-state index contributed by atoms with van der Waals surface area (Å²) in [6.07, 6.45) is -0.248. The van der Waals surface area contributed by atoms with Gasteiger partial charge in [-0.05, 0) is 30.3 Å². The number of rotatable bonds is 8. The van der Waals surface area contributed by atoms with Crippen molar-refractivity contribution < 1.29 is 34.3 Å². The summed E-state index contributed by atoms with van der Waals surface area (Å²) in [6, 6.07) is 15.7. The minimum atomic E-state index is -1.43. The van der Waals surface area contributed by atoms with E-state index in [0.29, 0.717) is 0 Å². The van der Waals surface area contributed by atoms with Gasteiger partial charge in [-0.2, -0.15) is 0 Å². The smallest absolute Gasteiger partial charge is 0.336 e. The lowest BCUT2D eigenvalue weighted by atomic mass is 10.1. The van der Waals surface area contributed by atoms with Gasteiger partial charge in [0.15, 0.2) is 5.75 Å². The lowest BCUT2D eigenvalue weighted by molar-refractivity contribution is -0.385. The van der Waals surface area contributed by atoms with Crippen LogP contribution in [0, 0.1) is 10.1 Å². The number of carbonyl (C=O) groups excluding carboxylic acids is 1. The number of anilines is 1. The Morgan fingerprint density at radius 1 is 0.906 bits per heavy atom. The van der Waals surface area contributed by atoms with E-state index in [2.05, 4.69) is 5.32 Å². The molecular weight excluding hydrogens is 420 g/mol. The molecule has 10 nitrogen and oxygen atoms in total. The van der Waals surface area contributed by atoms with Gasteiger partial charge in [-0.15, -0.1) is 0 Å². The number of carboxylic acid groups (broad SMARTS) is 2. The van der Waals surface area contributed by atoms with Crippen LogP contribution in [0.4, 0.5) is 11.4 Å². The molecule has 0 fully saturated rings. The van der Waals surface area contributed by atoms with Crippen molar-refractivity contribution in [2.24, 2.45) is 0 Å². The Hall–Kier alpha value is -4.73. The second-order valence-corrected chi connectivity index (χ2v) is 6.53. The fourth-order valence-electron chi connectivity index (χ4n) is 2.94. The minimum Gasteiger partial charge on any atom is -0.478 e. The summed E-state index contributed by atoms with van der Waals surface area (Å²) >= 11 is 0. The first-order chi connectivity index (χ1) is 15.3. The monoisotopic (exact) mass is 436 g/mol. The van der Waals surface area contributed by atoms with Crippen molar-refractivity contribution in [2.45, 2.75) is 6.42 Å². The summed E-state index contributed by atoms with van der Waals surface area (Å²) in [5.74, 6) is -3.13. The molecule has 162 valence electrons. The molecule has 3 rings (SSSR count). The number of ether oxygens (including phenoxy) is 1. The van der Waals surface area contributed by atoms with Crippen LogP contribution in [0.2, 0.25) is 0 Å². The van der Waals surface area contributed by atoms with Gasteiger partial charge in [0.05, 0.1) is 28.2 Å². The molecule has 0 bridgehead atoms. The van der Waals surface area contributed by atoms with E-state index in [0.717, 1.165) is 12.1 Å². The molecule has 0 aliphatic heterocycles. The Bertz CT molecular complexity index is 1220. The average molecular weight is 436 g/mol. The molecule has 0 radical (unpaired) electrons. The fraction of sp³-hybridized carbons (Fsp3) is 0.0455. The standard InChI is InChI=1S/C22H16N2O8/c25-20(11-13-5-1-3-7-18(13)24(30)31)23-17-6-2-4-8-19(17)32-14-9-10-15(21(26)27)16(12-14)22(28)29/h1-10,12H,11H2,(H,23,25)(H,26,27)(H,28,29). The third-order valence-electron chi connectivity index (χ3n) is 4.38. The molecule has 0 spiro atoms. The highest BCUT2D eigenvalue weighted by atomic mass is 16.6. The SMILES string of the molecule is O=C(Cc1ccccc1[N+](=O)[O-])Nc1ccccc1Oc1ccc(C(=O)O)c(C(=O)O)c1. The Balaban J connectivity index is 1.82. The molecule has 0 aliphatic rings. The zero-order valence-electron chi connectivity index (χ0n) is 16.3. The Morgan fingerprint density at radius 2 is 1.56 bits per heavy atom. The lowest BCUT2D eigenvalue weighted by Crippen LogP contribution is -2.15. The van der Waals surface area contributed by atoms with Crippen LogP contribution >= 0.6 is 0 Å². The van der Waals surface area contributed by atoms with E-state index in [4.69, 9.17) is 9.84 Å². The van der Waals surface area contributed by atoms with Crippen LogP contribution in [-0.2, 0) is 11.2 Å². The van der Waals surface area contributed by atoms with Gasteiger partial charge in [0.25, 0.3) is 5.69 Å². The largest absolute Gasteiger partial charge is 0.478 e. The second kappa shape index (κ2) is 9.39. The van der Waals surface area contributed by atoms with Crippen LogP contribution < -0.4 is 10.1 Å². The van der Waals surface area contributed by atoms with Crippen LogP contribution in [0.1, 0.15) is 26.3 Å². The Kier molecular flexibility index (Phi) is 6.44. The van der Waals surface area contributed by atoms with E-state index in [1.54, 1.807) is 18.2 Å². The molecule has 0 aromatic heterocycles. The molecule has 3 aromatic carbocycles. The molecule has 0 aliphatic carbocycles. The van der Waals surface area contributed by atoms with Crippen molar-refractivity contribution in [3.05, 3.63) is 93.5 Å². The Labute approximate surface area is 180 Å². The number of nitrogens with one attached hydrogen (secondary N) is 1. The number of nitro groups is 1. The molecule has 0 unspecified atom stereocenters. The quantitative estimate of drug-likeness (QED) is 0.354. The van der Waals surface area contributed by atoms with Crippen LogP contribution in [0.3, 0.4) is 0 Å². The first kappa shape index (κ1) is 22.0. The molecule has 0 heterocycles. The normalized spacial score (nSPS) is 10.2. The van der Waals surface area contributed by atoms with Gasteiger partial charge >= 0.3 is 11.9 Å². The van der Waals surface area contributed by atoms with Crippen molar-refractivity contribution in [2.75, 3.05) is 5.32 Å². The fourth-order valence-corrected chi connectivity index (χ4v) is 2.94. The third kappa shape index (κ3) is 5.05. The van der Waals surface area contributed by atoms with Crippen LogP contribution in [0.25, 0.3) is 0 Å². The maximum Gasteiger partial charge on any atom is 0.336 e. The van der Waals surface area contributed by atoms with Crippen LogP contribution in [-0.4, -0.2) is 33.0 Å². The first-order valence-corrected chi connectivity index (χ1v) is 9.16. The van der Waals surface area contributed by atoms with Gasteiger partial charge in [-0.1, -0.05) is 30.3 Å². The number of hydrogen-bond acceptors (Lipinski definition) is 6. The summed E-state index contributed by atoms with van der Waals surface area (Å²) in [7, 11) is 0. The zero-order chi connectivity index (χ0) is 23.3. The number of benzene rings is 3. The van der Waals surface area contributed by atoms with Gasteiger partial charge in [0.2, 0.25) is 5.91 Å². The lowest BCUT2D eigenvalue weighted by Gasteiger charge is -2.13. The summed E-state index contributed by atoms with van der Waals surface area (Å²) in [6.45, 7) is 0. The summed E-state index contributed by atoms with van der Waals surface area (Å²) < 4.78 is 5.67. The van der Waals surface area contributed by atoms with Gasteiger partial charge in [0, 0.05) is 11.6 Å². The predicted molar refractivity (Wildman–Crippen MR) is 112 cm³/mol. The highest BCUT2D eigenvalue weighted by Gasteiger charge is 2.19. The minimum absolute atomic E-state index is 0.0489. The van der Waals surface area contributed by atoms with Crippen molar-refractivity contribution in [3.63, 3.8) is 0 Å². The van der Waals surface area contributed by atoms with Crippen molar-refractivity contribution in [1.29, 1.82) is 0 Å². The molecule has 3 aromatic rings. The zero-order valence-corrected chi connectivity index (χ0v) is 16.3. The summed E-state index contributed by atoms with van der Waals surface area (Å²) in [5.41, 5.74) is -0.533. The van der Waals surface area contributed by atoms with Crippen molar-refractivity contribution >= 4 is 29.2 Å². The van der Waals surface area contributed by atoms with Crippen LogP contribution in [0.5, 0.6) is 11.5 Å². The summed E-state index contributed by atoms with van der Waals surface area (Å²) in [4.78, 5) is 45.6. The molecule has 3 N–H and O–H groups in total. The molecule has 0 saturated carbocycles. The van der Waals surface area contributed by atoms with Gasteiger partial charge < -0.3 is 20.3 Å². The van der Waals surface area contributed by atoms with Crippen LogP contribution in [0.15, 0.2) is 66.7 Å². The number of hydrogen-bond donors (Lipinski definition) is 3. The number of para-hydroxylation sites is 3. The maximum atomic E-state index is 12.5. The van der Waals surface area contributed by atoms with E-state index < -0.39 is 33.9 Å². The number of nitrogens with zero attached hydrogens (tertiary/aromatic N) is 1. The topological polar surface area (TPSA) is 156 Å². The van der Waals surface area contributed by atoms with Crippen molar-refractivity contribution in [1.82, 2.24) is 0 Å². The van der Waals surface area contributed by atoms with E-state index in [1.807, 2.05) is 0 Å². The highest BCUT2D eigenvalue weighted by Crippen LogP contribution is 2.31. The second-order valence-electron chi connectivity index (χ2n) is 6.53. The predicted octanol–water partition coefficient (Wildman–Crippen LogP) is 3.96. The highest BCUT2D eigenvalue weighted by molar-refractivity contribution is 6.02. The molecule has 1 amide bonds. The molecule has 32 heavy (non-hydrogen) atoms. The summed E-state index contributed by atoms with van der Waals surface area (Å²) in [5, 5.41) is 32.1. The maximum absolute atomic E-state index is 12.5.